The highest BCUT2D eigenvalue weighted by molar-refractivity contribution is 6.29. The number of allylic oxidation sites excluding steroid dienone is 2. The van der Waals surface area contributed by atoms with Crippen molar-refractivity contribution in [2.24, 2.45) is 0 Å². The number of carbonyl (C=O) groups excluding carboxylic acids is 3. The van der Waals surface area contributed by atoms with Crippen molar-refractivity contribution in [3.63, 3.8) is 0 Å². The number of hydrogen-bond donors (Lipinski definition) is 2. The van der Waals surface area contributed by atoms with E-state index >= 15 is 0 Å². The van der Waals surface area contributed by atoms with Crippen LogP contribution in [-0.4, -0.2) is 53.2 Å². The average molecular weight is 500 g/mol. The summed E-state index contributed by atoms with van der Waals surface area (Å²) in [6.45, 7) is 1.38. The highest BCUT2D eigenvalue weighted by Crippen LogP contribution is 2.45. The van der Waals surface area contributed by atoms with Gasteiger partial charge in [-0.3, -0.25) is 19.1 Å². The van der Waals surface area contributed by atoms with E-state index in [9.17, 15) is 27.6 Å². The summed E-state index contributed by atoms with van der Waals surface area (Å²) in [7, 11) is 0. The zero-order valence-corrected chi connectivity index (χ0v) is 19.2. The van der Waals surface area contributed by atoms with E-state index in [4.69, 9.17) is 11.6 Å². The van der Waals surface area contributed by atoms with E-state index in [0.717, 1.165) is 0 Å². The summed E-state index contributed by atoms with van der Waals surface area (Å²) in [5.41, 5.74) is 0.684. The van der Waals surface area contributed by atoms with Crippen molar-refractivity contribution >= 4 is 34.9 Å². The molecule has 1 aliphatic carbocycles. The van der Waals surface area contributed by atoms with Crippen LogP contribution in [0.1, 0.15) is 38.2 Å². The number of hydrogen-bond acceptors (Lipinski definition) is 4. The van der Waals surface area contributed by atoms with Crippen molar-refractivity contribution in [3.8, 4) is 0 Å². The van der Waals surface area contributed by atoms with Gasteiger partial charge in [0.1, 0.15) is 6.04 Å². The lowest BCUT2D eigenvalue weighted by atomic mass is 9.92. The molecule has 0 radical (unpaired) electrons. The Hall–Kier alpha value is -2.85. The molecule has 34 heavy (non-hydrogen) atoms. The minimum absolute atomic E-state index is 0.106. The molecule has 11 heteroatoms. The molecule has 1 aliphatic heterocycles. The molecule has 1 aromatic carbocycles. The zero-order chi connectivity index (χ0) is 24.9. The van der Waals surface area contributed by atoms with E-state index in [0.29, 0.717) is 31.4 Å². The molecule has 0 saturated carbocycles. The van der Waals surface area contributed by atoms with Crippen molar-refractivity contribution in [2.75, 3.05) is 13.1 Å². The van der Waals surface area contributed by atoms with Crippen molar-refractivity contribution in [3.05, 3.63) is 53.7 Å². The Kier molecular flexibility index (Phi) is 8.04. The van der Waals surface area contributed by atoms with E-state index in [1.54, 1.807) is 30.3 Å². The van der Waals surface area contributed by atoms with Gasteiger partial charge in [0.25, 0.3) is 0 Å². The van der Waals surface area contributed by atoms with Gasteiger partial charge in [0.2, 0.25) is 17.7 Å². The molecule has 2 atom stereocenters. The maximum Gasteiger partial charge on any atom is 0.524 e. The van der Waals surface area contributed by atoms with E-state index in [1.807, 2.05) is 0 Å². The third kappa shape index (κ3) is 6.60. The summed E-state index contributed by atoms with van der Waals surface area (Å²) >= 11 is 6.37. The molecule has 3 rings (SSSR count). The number of nitrogens with zero attached hydrogens (tertiary/aromatic N) is 1. The fourth-order valence-corrected chi connectivity index (χ4v) is 4.45. The van der Waals surface area contributed by atoms with Crippen molar-refractivity contribution in [2.45, 2.75) is 50.1 Å². The normalized spacial score (nSPS) is 23.0. The lowest BCUT2D eigenvalue weighted by Crippen LogP contribution is -2.54. The largest absolute Gasteiger partial charge is 0.524 e. The first-order valence-corrected chi connectivity index (χ1v) is 11.1. The summed E-state index contributed by atoms with van der Waals surface area (Å²) in [6, 6.07) is 7.46. The predicted octanol–water partition coefficient (Wildman–Crippen LogP) is 3.46. The summed E-state index contributed by atoms with van der Waals surface area (Å²) in [5, 5.41) is 2.74. The second-order valence-electron chi connectivity index (χ2n) is 8.09. The van der Waals surface area contributed by atoms with E-state index in [1.165, 1.54) is 24.0 Å². The molecule has 1 aromatic rings. The van der Waals surface area contributed by atoms with Crippen LogP contribution in [0.5, 0.6) is 0 Å². The van der Waals surface area contributed by atoms with Crippen molar-refractivity contribution in [1.29, 1.82) is 0 Å². The molecular weight excluding hydrogens is 475 g/mol. The molecule has 0 aromatic heterocycles. The van der Waals surface area contributed by atoms with Gasteiger partial charge in [0.15, 0.2) is 5.06 Å². The zero-order valence-electron chi connectivity index (χ0n) is 18.5. The first-order chi connectivity index (χ1) is 16.0. The van der Waals surface area contributed by atoms with Crippen LogP contribution in [0.4, 0.5) is 13.2 Å². The molecule has 0 spiro atoms. The fraction of sp³-hybridized carbons (Fsp3) is 0.435. The van der Waals surface area contributed by atoms with E-state index in [-0.39, 0.29) is 23.7 Å². The molecule has 7 nitrogen and oxygen atoms in total. The minimum Gasteiger partial charge on any atom is -0.347 e. The Morgan fingerprint density at radius 1 is 1.18 bits per heavy atom. The van der Waals surface area contributed by atoms with Crippen molar-refractivity contribution in [1.82, 2.24) is 15.5 Å². The third-order valence-corrected chi connectivity index (χ3v) is 5.95. The molecular formula is C23H25ClF3N3O4. The fourth-order valence-electron chi connectivity index (χ4n) is 4.04. The second kappa shape index (κ2) is 10.6. The Balaban J connectivity index is 1.80. The van der Waals surface area contributed by atoms with E-state index < -0.39 is 35.7 Å². The number of amides is 3. The molecule has 1 fully saturated rings. The molecule has 2 unspecified atom stereocenters. The van der Waals surface area contributed by atoms with Crippen LogP contribution in [0.25, 0.3) is 5.57 Å². The lowest BCUT2D eigenvalue weighted by Gasteiger charge is -2.37. The van der Waals surface area contributed by atoms with Gasteiger partial charge in [0, 0.05) is 31.2 Å². The maximum atomic E-state index is 13.2. The number of nitrogens with one attached hydrogen (secondary N) is 2. The minimum atomic E-state index is -5.02. The van der Waals surface area contributed by atoms with Crippen molar-refractivity contribution < 1.29 is 32.3 Å². The van der Waals surface area contributed by atoms with Crippen LogP contribution >= 0.6 is 11.6 Å². The standard InChI is InChI=1S/C23H25ClF3N3O4/c1-15(31)28-14-20(32)30-12-6-5-9-19(30)21(33)29-17-10-11-18(16-7-3-2-4-8-16)22(24,13-17)34-23(25,26)27/h2-4,7-8,10-11,19H,5-6,9,12-14H2,1H3,(H,28,31)(H,29,33). The maximum absolute atomic E-state index is 13.2. The Labute approximate surface area is 200 Å². The molecule has 1 saturated heterocycles. The van der Waals surface area contributed by atoms with E-state index in [2.05, 4.69) is 15.4 Å². The Morgan fingerprint density at radius 2 is 1.88 bits per heavy atom. The number of piperidine rings is 1. The summed E-state index contributed by atoms with van der Waals surface area (Å²) in [5.74, 6) is -1.32. The SMILES string of the molecule is CC(=O)NCC(=O)N1CCCCC1C(=O)NC1=CC=C(c2ccccc2)C(Cl)(OC(F)(F)F)C1. The Bertz CT molecular complexity index is 997. The lowest BCUT2D eigenvalue weighted by molar-refractivity contribution is -0.342. The molecule has 3 amide bonds. The molecule has 184 valence electrons. The van der Waals surface area contributed by atoms with Crippen LogP contribution in [0.15, 0.2) is 48.2 Å². The van der Waals surface area contributed by atoms with Gasteiger partial charge in [-0.05, 0) is 30.9 Å². The van der Waals surface area contributed by atoms with Gasteiger partial charge in [0.05, 0.1) is 6.54 Å². The number of carbonyl (C=O) groups is 3. The predicted molar refractivity (Wildman–Crippen MR) is 119 cm³/mol. The smallest absolute Gasteiger partial charge is 0.347 e. The van der Waals surface area contributed by atoms with Gasteiger partial charge < -0.3 is 15.5 Å². The third-order valence-electron chi connectivity index (χ3n) is 5.53. The number of benzene rings is 1. The number of likely N-dealkylation sites (tertiary alicyclic amines) is 1. The summed E-state index contributed by atoms with van der Waals surface area (Å²) in [6.07, 6.45) is -0.811. The number of halogens is 4. The first-order valence-electron chi connectivity index (χ1n) is 10.8. The quantitative estimate of drug-likeness (QED) is 0.587. The summed E-state index contributed by atoms with van der Waals surface area (Å²) < 4.78 is 43.9. The first kappa shape index (κ1) is 25.8. The Morgan fingerprint density at radius 3 is 2.53 bits per heavy atom. The molecule has 2 aliphatic rings. The van der Waals surface area contributed by atoms with Gasteiger partial charge >= 0.3 is 6.36 Å². The monoisotopic (exact) mass is 499 g/mol. The number of rotatable bonds is 6. The van der Waals surface area contributed by atoms with Crippen LogP contribution < -0.4 is 10.6 Å². The topological polar surface area (TPSA) is 87.7 Å². The van der Waals surface area contributed by atoms with Gasteiger partial charge in [-0.1, -0.05) is 48.0 Å². The molecule has 0 bridgehead atoms. The highest BCUT2D eigenvalue weighted by atomic mass is 35.5. The second-order valence-corrected chi connectivity index (χ2v) is 8.70. The van der Waals surface area contributed by atoms with Crippen LogP contribution in [0.2, 0.25) is 0 Å². The van der Waals surface area contributed by atoms with Gasteiger partial charge in [-0.2, -0.15) is 0 Å². The highest BCUT2D eigenvalue weighted by Gasteiger charge is 2.47. The molecule has 2 N–H and O–H groups in total. The number of alkyl halides is 4. The molecule has 1 heterocycles. The summed E-state index contributed by atoms with van der Waals surface area (Å²) in [4.78, 5) is 38.0. The number of ether oxygens (including phenoxy) is 1. The average Bonchev–Trinajstić information content (AvgIpc) is 2.76. The van der Waals surface area contributed by atoms with Crippen LogP contribution in [0, 0.1) is 0 Å². The van der Waals surface area contributed by atoms with Crippen LogP contribution in [0.3, 0.4) is 0 Å². The van der Waals surface area contributed by atoms with Gasteiger partial charge in [-0.15, -0.1) is 13.2 Å². The van der Waals surface area contributed by atoms with Crippen LogP contribution in [-0.2, 0) is 19.1 Å². The van der Waals surface area contributed by atoms with Gasteiger partial charge in [-0.25, -0.2) is 0 Å².